The third-order valence-electron chi connectivity index (χ3n) is 3.69. The van der Waals surface area contributed by atoms with E-state index in [4.69, 9.17) is 54.2 Å². The number of hydrogen-bond acceptors (Lipinski definition) is 11. The number of unbranched alkanes of at least 4 members (excludes halogenated alkanes) is 1. The van der Waals surface area contributed by atoms with Crippen molar-refractivity contribution in [2.75, 3.05) is 6.54 Å². The zero-order chi connectivity index (χ0) is 28.8. The lowest BCUT2D eigenvalue weighted by Crippen LogP contribution is -2.32. The van der Waals surface area contributed by atoms with Gasteiger partial charge in [0.1, 0.15) is 24.2 Å². The van der Waals surface area contributed by atoms with Crippen LogP contribution >= 0.6 is 0 Å². The van der Waals surface area contributed by atoms with E-state index in [2.05, 4.69) is 9.97 Å². The normalized spacial score (nSPS) is 12.9. The Morgan fingerprint density at radius 2 is 1.31 bits per heavy atom. The molecule has 0 aliphatic carbocycles. The minimum Gasteiger partial charge on any atom is -0.481 e. The molecule has 1 heterocycles. The molecule has 208 valence electrons. The Morgan fingerprint density at radius 1 is 0.833 bits per heavy atom. The molecule has 0 aliphatic heterocycles. The van der Waals surface area contributed by atoms with Crippen molar-refractivity contribution < 1.29 is 49.5 Å². The van der Waals surface area contributed by atoms with E-state index in [1.54, 1.807) is 6.20 Å². The van der Waals surface area contributed by atoms with E-state index >= 15 is 0 Å². The van der Waals surface area contributed by atoms with Crippen molar-refractivity contribution in [1.29, 1.82) is 0 Å². The second-order valence-corrected chi connectivity index (χ2v) is 7.11. The molecule has 0 bridgehead atoms. The summed E-state index contributed by atoms with van der Waals surface area (Å²) in [6, 6.07) is -3.60. The second-order valence-electron chi connectivity index (χ2n) is 7.11. The van der Waals surface area contributed by atoms with Gasteiger partial charge >= 0.3 is 29.8 Å². The lowest BCUT2D eigenvalue weighted by molar-refractivity contribution is -0.144. The molecule has 36 heavy (non-hydrogen) atoms. The van der Waals surface area contributed by atoms with Crippen LogP contribution in [0, 0.1) is 0 Å². The predicted octanol–water partition coefficient (Wildman–Crippen LogP) is -2.82. The minimum absolute atomic E-state index is 0.263. The zero-order valence-electron chi connectivity index (χ0n) is 19.8. The molecule has 0 saturated carbocycles. The summed E-state index contributed by atoms with van der Waals surface area (Å²) in [5.41, 5.74) is 26.0. The number of aromatic nitrogens is 2. The molecule has 16 N–H and O–H groups in total. The van der Waals surface area contributed by atoms with E-state index in [9.17, 15) is 24.0 Å². The average Bonchev–Trinajstić information content (AvgIpc) is 3.27. The summed E-state index contributed by atoms with van der Waals surface area (Å²) in [6.07, 6.45) is 5.01. The molecule has 0 saturated heterocycles. The minimum atomic E-state index is -1.29. The fourth-order valence-corrected chi connectivity index (χ4v) is 1.62. The average molecular weight is 524 g/mol. The van der Waals surface area contributed by atoms with E-state index < -0.39 is 60.4 Å². The van der Waals surface area contributed by atoms with Crippen LogP contribution in [0.25, 0.3) is 0 Å². The molecular weight excluding hydrogens is 486 g/mol. The molecule has 0 spiro atoms. The number of nitrogens with two attached hydrogens (primary N) is 5. The maximum Gasteiger partial charge on any atom is 0.321 e. The molecule has 0 aliphatic rings. The van der Waals surface area contributed by atoms with Crippen LogP contribution in [0.1, 0.15) is 38.3 Å². The lowest BCUT2D eigenvalue weighted by Gasteiger charge is -2.03. The Morgan fingerprint density at radius 3 is 1.58 bits per heavy atom. The van der Waals surface area contributed by atoms with Gasteiger partial charge in [0.05, 0.1) is 18.4 Å². The summed E-state index contributed by atoms with van der Waals surface area (Å²) in [7, 11) is 0. The summed E-state index contributed by atoms with van der Waals surface area (Å²) in [4.78, 5) is 56.1. The Labute approximate surface area is 206 Å². The summed E-state index contributed by atoms with van der Waals surface area (Å²) >= 11 is 0. The molecule has 0 amide bonds. The van der Waals surface area contributed by atoms with Crippen molar-refractivity contribution in [1.82, 2.24) is 9.97 Å². The van der Waals surface area contributed by atoms with Gasteiger partial charge in [0, 0.05) is 12.6 Å². The van der Waals surface area contributed by atoms with Gasteiger partial charge in [-0.3, -0.25) is 24.0 Å². The molecule has 1 rings (SSSR count). The fourth-order valence-electron chi connectivity index (χ4n) is 1.62. The third-order valence-corrected chi connectivity index (χ3v) is 3.69. The van der Waals surface area contributed by atoms with Crippen molar-refractivity contribution in [3.05, 3.63) is 18.2 Å². The molecule has 0 fully saturated rings. The van der Waals surface area contributed by atoms with Gasteiger partial charge in [-0.1, -0.05) is 6.42 Å². The number of nitrogens with one attached hydrogen (secondary N) is 1. The van der Waals surface area contributed by atoms with Crippen LogP contribution in [0.5, 0.6) is 0 Å². The van der Waals surface area contributed by atoms with Crippen LogP contribution in [0.2, 0.25) is 0 Å². The lowest BCUT2D eigenvalue weighted by atomic mass is 10.1. The topological polar surface area (TPSA) is 345 Å². The largest absolute Gasteiger partial charge is 0.481 e. The summed E-state index contributed by atoms with van der Waals surface area (Å²) < 4.78 is 0. The highest BCUT2D eigenvalue weighted by atomic mass is 16.4. The molecule has 1 aromatic heterocycles. The highest BCUT2D eigenvalue weighted by molar-refractivity contribution is 5.80. The van der Waals surface area contributed by atoms with E-state index in [1.807, 2.05) is 0 Å². The van der Waals surface area contributed by atoms with Gasteiger partial charge in [-0.25, -0.2) is 4.98 Å². The van der Waals surface area contributed by atoms with Crippen LogP contribution in [0.15, 0.2) is 12.5 Å². The van der Waals surface area contributed by atoms with Gasteiger partial charge in [0.2, 0.25) is 0 Å². The number of H-pyrrole nitrogens is 1. The number of carboxylic acid groups (broad SMARTS) is 5. The number of rotatable bonds is 12. The number of aliphatic carboxylic acids is 5. The van der Waals surface area contributed by atoms with E-state index in [0.29, 0.717) is 18.7 Å². The maximum atomic E-state index is 10.3. The summed E-state index contributed by atoms with van der Waals surface area (Å²) in [6.45, 7) is 2.02. The smallest absolute Gasteiger partial charge is 0.321 e. The van der Waals surface area contributed by atoms with Crippen molar-refractivity contribution in [2.45, 2.75) is 63.2 Å². The van der Waals surface area contributed by atoms with Crippen LogP contribution in [0.3, 0.4) is 0 Å². The molecule has 4 unspecified atom stereocenters. The van der Waals surface area contributed by atoms with Crippen LogP contribution in [-0.2, 0) is 30.4 Å². The number of aromatic amines is 1. The third kappa shape index (κ3) is 25.0. The van der Waals surface area contributed by atoms with Gasteiger partial charge in [-0.15, -0.1) is 0 Å². The molecule has 0 aromatic carbocycles. The van der Waals surface area contributed by atoms with Crippen LogP contribution < -0.4 is 28.7 Å². The molecule has 1 aromatic rings. The van der Waals surface area contributed by atoms with Crippen molar-refractivity contribution in [2.24, 2.45) is 28.7 Å². The Hall–Kier alpha value is -3.64. The number of imidazole rings is 1. The van der Waals surface area contributed by atoms with Crippen molar-refractivity contribution >= 4 is 29.8 Å². The Balaban J connectivity index is -0.000000412. The first-order valence-electron chi connectivity index (χ1n) is 10.4. The Bertz CT molecular complexity index is 775. The van der Waals surface area contributed by atoms with Crippen LogP contribution in [-0.4, -0.2) is 96.1 Å². The molecule has 0 radical (unpaired) electrons. The first-order chi connectivity index (χ1) is 16.6. The Kier molecular flexibility index (Phi) is 22.4. The summed E-state index contributed by atoms with van der Waals surface area (Å²) in [5, 5.41) is 40.6. The molecule has 17 nitrogen and oxygen atoms in total. The highest BCUT2D eigenvalue weighted by Crippen LogP contribution is 1.97. The number of carbonyl (C=O) groups is 5. The van der Waals surface area contributed by atoms with E-state index in [0.717, 1.165) is 12.8 Å². The first-order valence-corrected chi connectivity index (χ1v) is 10.4. The van der Waals surface area contributed by atoms with Gasteiger partial charge in [-0.05, 0) is 26.3 Å². The fraction of sp³-hybridized carbons (Fsp3) is 0.579. The number of nitrogens with zero attached hydrogens (tertiary/aromatic N) is 1. The molecular formula is C19H37N7O10. The van der Waals surface area contributed by atoms with Gasteiger partial charge in [0.15, 0.2) is 0 Å². The SMILES string of the molecule is CC(N)C(=O)O.NC(CC(=O)O)C(=O)O.NC(Cc1c[nH]cn1)C(=O)O.NCCCCC(N)C(=O)O. The predicted molar refractivity (Wildman–Crippen MR) is 126 cm³/mol. The first kappa shape index (κ1) is 36.9. The van der Waals surface area contributed by atoms with E-state index in [1.165, 1.54) is 13.3 Å². The highest BCUT2D eigenvalue weighted by Gasteiger charge is 2.14. The monoisotopic (exact) mass is 523 g/mol. The molecule has 17 heteroatoms. The standard InChI is InChI=1S/C6H9N3O2.C6H14N2O2.C4H7NO4.C3H7NO2/c7-5(6(10)11)1-4-2-8-3-9-4;7-4-2-1-3-5(8)6(9)10;5-2(4(8)9)1-3(6)7;1-2(4)3(5)6/h2-3,5H,1,7H2,(H,8,9)(H,10,11);5H,1-4,7-8H2,(H,9,10);2H,1,5H2,(H,6,7)(H,8,9);2H,4H2,1H3,(H,5,6). The van der Waals surface area contributed by atoms with Crippen LogP contribution in [0.4, 0.5) is 0 Å². The number of hydrogen-bond donors (Lipinski definition) is 11. The van der Waals surface area contributed by atoms with Gasteiger partial charge in [-0.2, -0.15) is 0 Å². The second kappa shape index (κ2) is 21.9. The molecule has 4 atom stereocenters. The van der Waals surface area contributed by atoms with E-state index in [-0.39, 0.29) is 6.42 Å². The quantitative estimate of drug-likeness (QED) is 0.123. The van der Waals surface area contributed by atoms with Gasteiger partial charge in [0.25, 0.3) is 0 Å². The maximum absolute atomic E-state index is 10.3. The van der Waals surface area contributed by atoms with Crippen molar-refractivity contribution in [3.8, 4) is 0 Å². The van der Waals surface area contributed by atoms with Gasteiger partial charge < -0.3 is 59.2 Å². The summed E-state index contributed by atoms with van der Waals surface area (Å²) in [5.74, 6) is -5.40. The number of carboxylic acids is 5. The van der Waals surface area contributed by atoms with Crippen molar-refractivity contribution in [3.63, 3.8) is 0 Å². The zero-order valence-corrected chi connectivity index (χ0v) is 19.8.